The van der Waals surface area contributed by atoms with E-state index in [2.05, 4.69) is 9.71 Å². The first-order valence-corrected chi connectivity index (χ1v) is 9.98. The van der Waals surface area contributed by atoms with Crippen LogP contribution in [-0.2, 0) is 26.2 Å². The first kappa shape index (κ1) is 18.2. The molecule has 3 rings (SSSR count). The second-order valence-corrected chi connectivity index (χ2v) is 8.20. The monoisotopic (exact) mass is 393 g/mol. The summed E-state index contributed by atoms with van der Waals surface area (Å²) in [5.74, 6) is -0.589. The lowest BCUT2D eigenvalue weighted by atomic mass is 10.4. The highest BCUT2D eigenvalue weighted by Crippen LogP contribution is 2.15. The zero-order valence-corrected chi connectivity index (χ0v) is 15.1. The van der Waals surface area contributed by atoms with Crippen LogP contribution in [-0.4, -0.2) is 30.3 Å². The SMILES string of the molecule is O=C(CCNS(=O)(=O)c1cccs1)OCc1cc(=O)n2ccccc2n1. The minimum absolute atomic E-state index is 0.0765. The Hall–Kier alpha value is -2.56. The Bertz CT molecular complexity index is 1070. The third-order valence-electron chi connectivity index (χ3n) is 3.39. The molecule has 0 aliphatic rings. The van der Waals surface area contributed by atoms with Crippen LogP contribution in [0, 0.1) is 0 Å². The van der Waals surface area contributed by atoms with Crippen molar-refractivity contribution in [2.75, 3.05) is 6.54 Å². The van der Waals surface area contributed by atoms with Gasteiger partial charge in [-0.05, 0) is 23.6 Å². The minimum Gasteiger partial charge on any atom is -0.459 e. The van der Waals surface area contributed by atoms with Crippen molar-refractivity contribution < 1.29 is 17.9 Å². The smallest absolute Gasteiger partial charge is 0.307 e. The van der Waals surface area contributed by atoms with Crippen molar-refractivity contribution in [3.05, 3.63) is 64.0 Å². The van der Waals surface area contributed by atoms with Gasteiger partial charge in [-0.2, -0.15) is 0 Å². The van der Waals surface area contributed by atoms with Crippen molar-refractivity contribution in [3.63, 3.8) is 0 Å². The molecule has 0 atom stereocenters. The van der Waals surface area contributed by atoms with Crippen LogP contribution in [0.3, 0.4) is 0 Å². The van der Waals surface area contributed by atoms with Crippen LogP contribution in [0.4, 0.5) is 0 Å². The summed E-state index contributed by atoms with van der Waals surface area (Å²) >= 11 is 1.09. The van der Waals surface area contributed by atoms with E-state index < -0.39 is 16.0 Å². The number of carbonyl (C=O) groups is 1. The molecule has 3 aromatic heterocycles. The Labute approximate surface area is 153 Å². The lowest BCUT2D eigenvalue weighted by Crippen LogP contribution is -2.26. The number of carbonyl (C=O) groups excluding carboxylic acids is 1. The number of pyridine rings is 1. The van der Waals surface area contributed by atoms with Gasteiger partial charge in [-0.1, -0.05) is 12.1 Å². The molecule has 0 fully saturated rings. The third-order valence-corrected chi connectivity index (χ3v) is 6.24. The van der Waals surface area contributed by atoms with Crippen molar-refractivity contribution in [1.29, 1.82) is 0 Å². The molecule has 136 valence electrons. The molecule has 0 saturated carbocycles. The van der Waals surface area contributed by atoms with Gasteiger partial charge in [0.1, 0.15) is 16.5 Å². The summed E-state index contributed by atoms with van der Waals surface area (Å²) in [6.07, 6.45) is 1.47. The van der Waals surface area contributed by atoms with E-state index in [1.165, 1.54) is 16.5 Å². The number of nitrogens with one attached hydrogen (secondary N) is 1. The van der Waals surface area contributed by atoms with Crippen molar-refractivity contribution in [2.24, 2.45) is 0 Å². The van der Waals surface area contributed by atoms with E-state index in [0.29, 0.717) is 11.3 Å². The molecular formula is C16H15N3O5S2. The van der Waals surface area contributed by atoms with Gasteiger partial charge in [0.25, 0.3) is 5.56 Å². The fourth-order valence-corrected chi connectivity index (χ4v) is 4.25. The molecule has 3 aromatic rings. The lowest BCUT2D eigenvalue weighted by Gasteiger charge is -2.07. The molecule has 0 amide bonds. The summed E-state index contributed by atoms with van der Waals surface area (Å²) in [5, 5.41) is 1.65. The fraction of sp³-hybridized carbons (Fsp3) is 0.188. The second-order valence-electron chi connectivity index (χ2n) is 5.26. The van der Waals surface area contributed by atoms with Gasteiger partial charge >= 0.3 is 5.97 Å². The number of hydrogen-bond donors (Lipinski definition) is 1. The van der Waals surface area contributed by atoms with Crippen LogP contribution >= 0.6 is 11.3 Å². The minimum atomic E-state index is -3.61. The van der Waals surface area contributed by atoms with E-state index >= 15 is 0 Å². The van der Waals surface area contributed by atoms with Crippen LogP contribution in [0.25, 0.3) is 5.65 Å². The molecule has 10 heteroatoms. The zero-order chi connectivity index (χ0) is 18.6. The highest BCUT2D eigenvalue weighted by molar-refractivity contribution is 7.91. The number of rotatable bonds is 7. The number of nitrogens with zero attached hydrogens (tertiary/aromatic N) is 2. The summed E-state index contributed by atoms with van der Waals surface area (Å²) in [6, 6.07) is 9.54. The summed E-state index contributed by atoms with van der Waals surface area (Å²) in [7, 11) is -3.61. The number of ether oxygens (including phenoxy) is 1. The average molecular weight is 393 g/mol. The maximum atomic E-state index is 11.9. The van der Waals surface area contributed by atoms with E-state index in [9.17, 15) is 18.0 Å². The molecule has 3 heterocycles. The predicted octanol–water partition coefficient (Wildman–Crippen LogP) is 1.17. The van der Waals surface area contributed by atoms with E-state index in [4.69, 9.17) is 4.74 Å². The summed E-state index contributed by atoms with van der Waals surface area (Å²) in [5.41, 5.74) is 0.508. The normalized spacial score (nSPS) is 11.5. The molecule has 0 saturated heterocycles. The van der Waals surface area contributed by atoms with Crippen LogP contribution in [0.2, 0.25) is 0 Å². The summed E-state index contributed by atoms with van der Waals surface area (Å²) in [6.45, 7) is -0.232. The number of thiophene rings is 1. The Kier molecular flexibility index (Phi) is 5.45. The van der Waals surface area contributed by atoms with Gasteiger partial charge in [0.05, 0.1) is 12.1 Å². The van der Waals surface area contributed by atoms with Gasteiger partial charge in [0, 0.05) is 18.8 Å². The van der Waals surface area contributed by atoms with Crippen LogP contribution in [0.15, 0.2) is 57.0 Å². The van der Waals surface area contributed by atoms with E-state index in [-0.39, 0.29) is 29.3 Å². The van der Waals surface area contributed by atoms with Crippen molar-refractivity contribution in [3.8, 4) is 0 Å². The first-order valence-electron chi connectivity index (χ1n) is 7.62. The summed E-state index contributed by atoms with van der Waals surface area (Å²) in [4.78, 5) is 28.0. The molecule has 0 bridgehead atoms. The molecule has 0 radical (unpaired) electrons. The largest absolute Gasteiger partial charge is 0.459 e. The van der Waals surface area contributed by atoms with Crippen LogP contribution < -0.4 is 10.3 Å². The van der Waals surface area contributed by atoms with Crippen LogP contribution in [0.1, 0.15) is 12.1 Å². The highest BCUT2D eigenvalue weighted by Gasteiger charge is 2.15. The maximum absolute atomic E-state index is 11.9. The quantitative estimate of drug-likeness (QED) is 0.604. The molecule has 0 aliphatic carbocycles. The van der Waals surface area contributed by atoms with Crippen molar-refractivity contribution in [1.82, 2.24) is 14.1 Å². The van der Waals surface area contributed by atoms with Crippen molar-refractivity contribution >= 4 is 33.0 Å². The Morgan fingerprint density at radius 3 is 2.88 bits per heavy atom. The number of aromatic nitrogens is 2. The van der Waals surface area contributed by atoms with Gasteiger partial charge < -0.3 is 4.74 Å². The van der Waals surface area contributed by atoms with Gasteiger partial charge in [-0.3, -0.25) is 14.0 Å². The van der Waals surface area contributed by atoms with E-state index in [0.717, 1.165) is 11.3 Å². The topological polar surface area (TPSA) is 107 Å². The molecule has 0 spiro atoms. The van der Waals surface area contributed by atoms with Gasteiger partial charge in [0.15, 0.2) is 0 Å². The number of sulfonamides is 1. The number of fused-ring (bicyclic) bond motifs is 1. The highest BCUT2D eigenvalue weighted by atomic mass is 32.2. The number of hydrogen-bond acceptors (Lipinski definition) is 7. The maximum Gasteiger partial charge on any atom is 0.307 e. The van der Waals surface area contributed by atoms with Gasteiger partial charge in [0.2, 0.25) is 10.0 Å². The first-order chi connectivity index (χ1) is 12.5. The molecular weight excluding hydrogens is 378 g/mol. The summed E-state index contributed by atoms with van der Waals surface area (Å²) < 4.78 is 32.8. The average Bonchev–Trinajstić information content (AvgIpc) is 3.15. The molecule has 8 nitrogen and oxygen atoms in total. The molecule has 26 heavy (non-hydrogen) atoms. The predicted molar refractivity (Wildman–Crippen MR) is 95.4 cm³/mol. The van der Waals surface area contributed by atoms with E-state index in [1.54, 1.807) is 35.8 Å². The van der Waals surface area contributed by atoms with Gasteiger partial charge in [-0.15, -0.1) is 11.3 Å². The molecule has 1 N–H and O–H groups in total. The van der Waals surface area contributed by atoms with Crippen LogP contribution in [0.5, 0.6) is 0 Å². The van der Waals surface area contributed by atoms with Gasteiger partial charge in [-0.25, -0.2) is 18.1 Å². The second kappa shape index (κ2) is 7.77. The van der Waals surface area contributed by atoms with E-state index in [1.807, 2.05) is 0 Å². The van der Waals surface area contributed by atoms with Crippen molar-refractivity contribution in [2.45, 2.75) is 17.2 Å². The standard InChI is InChI=1S/C16H15N3O5S2/c20-14-10-12(18-13-4-1-2-8-19(13)14)11-24-15(21)6-7-17-26(22,23)16-5-3-9-25-16/h1-5,8-10,17H,6-7,11H2. The Morgan fingerprint density at radius 1 is 1.27 bits per heavy atom. The third kappa shape index (κ3) is 4.34. The zero-order valence-electron chi connectivity index (χ0n) is 13.5. The molecule has 0 unspecified atom stereocenters. The Balaban J connectivity index is 1.52. The molecule has 0 aromatic carbocycles. The lowest BCUT2D eigenvalue weighted by molar-refractivity contribution is -0.144. The fourth-order valence-electron chi connectivity index (χ4n) is 2.18. The number of esters is 1. The molecule has 0 aliphatic heterocycles. The Morgan fingerprint density at radius 2 is 2.12 bits per heavy atom.